The molecule has 2 heterocycles. The van der Waals surface area contributed by atoms with Gasteiger partial charge in [0.2, 0.25) is 0 Å². The molecule has 0 amide bonds. The van der Waals surface area contributed by atoms with Crippen LogP contribution in [0.15, 0.2) is 0 Å². The maximum Gasteiger partial charge on any atom is 0.0110 e. The summed E-state index contributed by atoms with van der Waals surface area (Å²) in [5, 5.41) is 0. The summed E-state index contributed by atoms with van der Waals surface area (Å²) >= 11 is 0. The first kappa shape index (κ1) is 16.3. The maximum atomic E-state index is 2.71. The Kier molecular flexibility index (Phi) is 6.79. The molecule has 0 radical (unpaired) electrons. The van der Waals surface area contributed by atoms with E-state index in [4.69, 9.17) is 0 Å². The molecule has 118 valence electrons. The van der Waals surface area contributed by atoms with E-state index in [1.807, 2.05) is 0 Å². The summed E-state index contributed by atoms with van der Waals surface area (Å²) in [5.41, 5.74) is 0. The number of nitrogens with zero attached hydrogens (tertiary/aromatic N) is 3. The van der Waals surface area contributed by atoms with E-state index in [0.717, 1.165) is 11.8 Å². The number of likely N-dealkylation sites (tertiary alicyclic amines) is 1. The molecule has 0 aromatic heterocycles. The van der Waals surface area contributed by atoms with E-state index in [0.29, 0.717) is 0 Å². The number of piperidine rings is 1. The van der Waals surface area contributed by atoms with Crippen molar-refractivity contribution in [2.24, 2.45) is 11.8 Å². The van der Waals surface area contributed by atoms with E-state index in [9.17, 15) is 0 Å². The second kappa shape index (κ2) is 8.35. The molecule has 0 aromatic rings. The van der Waals surface area contributed by atoms with Crippen LogP contribution in [0.3, 0.4) is 0 Å². The first-order valence-corrected chi connectivity index (χ1v) is 8.84. The van der Waals surface area contributed by atoms with Crippen molar-refractivity contribution in [1.29, 1.82) is 0 Å². The Morgan fingerprint density at radius 1 is 0.850 bits per heavy atom. The first-order chi connectivity index (χ1) is 9.67. The van der Waals surface area contributed by atoms with Gasteiger partial charge in [-0.1, -0.05) is 20.8 Å². The molecule has 2 fully saturated rings. The SMILES string of the molecule is CCN1CCN(CC2CCN(CCC(C)C)CC2)CC1. The largest absolute Gasteiger partial charge is 0.303 e. The highest BCUT2D eigenvalue weighted by Crippen LogP contribution is 2.20. The third-order valence-electron chi connectivity index (χ3n) is 5.16. The lowest BCUT2D eigenvalue weighted by Crippen LogP contribution is -2.48. The van der Waals surface area contributed by atoms with Crippen molar-refractivity contribution in [3.63, 3.8) is 0 Å². The molecular formula is C17H35N3. The molecule has 0 aliphatic carbocycles. The van der Waals surface area contributed by atoms with Gasteiger partial charge in [-0.05, 0) is 57.3 Å². The molecule has 3 heteroatoms. The molecule has 0 N–H and O–H groups in total. The van der Waals surface area contributed by atoms with Gasteiger partial charge in [0.25, 0.3) is 0 Å². The average molecular weight is 281 g/mol. The normalized spacial score (nSPS) is 24.6. The van der Waals surface area contributed by atoms with Crippen LogP contribution in [0.5, 0.6) is 0 Å². The molecule has 2 aliphatic rings. The fraction of sp³-hybridized carbons (Fsp3) is 1.00. The molecule has 0 aromatic carbocycles. The summed E-state index contributed by atoms with van der Waals surface area (Å²) < 4.78 is 0. The predicted octanol–water partition coefficient (Wildman–Crippen LogP) is 2.38. The molecule has 0 spiro atoms. The van der Waals surface area contributed by atoms with Crippen LogP contribution in [0, 0.1) is 11.8 Å². The number of rotatable bonds is 6. The van der Waals surface area contributed by atoms with Gasteiger partial charge in [-0.15, -0.1) is 0 Å². The lowest BCUT2D eigenvalue weighted by molar-refractivity contribution is 0.0965. The zero-order valence-corrected chi connectivity index (χ0v) is 14.0. The van der Waals surface area contributed by atoms with Crippen LogP contribution in [0.4, 0.5) is 0 Å². The first-order valence-electron chi connectivity index (χ1n) is 8.84. The van der Waals surface area contributed by atoms with Crippen molar-refractivity contribution in [3.8, 4) is 0 Å². The van der Waals surface area contributed by atoms with Crippen molar-refractivity contribution in [2.75, 3.05) is 58.9 Å². The topological polar surface area (TPSA) is 9.72 Å². The fourth-order valence-electron chi connectivity index (χ4n) is 3.49. The minimum Gasteiger partial charge on any atom is -0.303 e. The summed E-state index contributed by atoms with van der Waals surface area (Å²) in [5.74, 6) is 1.81. The smallest absolute Gasteiger partial charge is 0.0110 e. The highest BCUT2D eigenvalue weighted by Gasteiger charge is 2.23. The van der Waals surface area contributed by atoms with Crippen molar-refractivity contribution < 1.29 is 0 Å². The second-order valence-corrected chi connectivity index (χ2v) is 7.20. The number of hydrogen-bond donors (Lipinski definition) is 0. The predicted molar refractivity (Wildman–Crippen MR) is 87.2 cm³/mol. The molecule has 2 rings (SSSR count). The number of piperazine rings is 1. The lowest BCUT2D eigenvalue weighted by Gasteiger charge is -2.38. The van der Waals surface area contributed by atoms with Gasteiger partial charge in [0.05, 0.1) is 0 Å². The number of hydrogen-bond acceptors (Lipinski definition) is 3. The summed E-state index contributed by atoms with van der Waals surface area (Å²) in [7, 11) is 0. The zero-order chi connectivity index (χ0) is 14.4. The molecule has 0 bridgehead atoms. The molecule has 2 aliphatic heterocycles. The Bertz CT molecular complexity index is 251. The van der Waals surface area contributed by atoms with Crippen LogP contribution in [0.2, 0.25) is 0 Å². The van der Waals surface area contributed by atoms with Gasteiger partial charge in [0.15, 0.2) is 0 Å². The Morgan fingerprint density at radius 3 is 2.00 bits per heavy atom. The quantitative estimate of drug-likeness (QED) is 0.740. The number of likely N-dealkylation sites (N-methyl/N-ethyl adjacent to an activating group) is 1. The van der Waals surface area contributed by atoms with E-state index in [2.05, 4.69) is 35.5 Å². The summed E-state index contributed by atoms with van der Waals surface area (Å²) in [6, 6.07) is 0. The molecule has 2 saturated heterocycles. The molecule has 0 atom stereocenters. The van der Waals surface area contributed by atoms with Crippen LogP contribution in [0.25, 0.3) is 0 Å². The molecule has 20 heavy (non-hydrogen) atoms. The van der Waals surface area contributed by atoms with Crippen molar-refractivity contribution in [2.45, 2.75) is 40.0 Å². The lowest BCUT2D eigenvalue weighted by atomic mass is 9.95. The van der Waals surface area contributed by atoms with Crippen LogP contribution < -0.4 is 0 Å². The summed E-state index contributed by atoms with van der Waals surface area (Å²) in [6.45, 7) is 18.7. The average Bonchev–Trinajstić information content (AvgIpc) is 2.47. The van der Waals surface area contributed by atoms with Crippen LogP contribution in [0.1, 0.15) is 40.0 Å². The molecular weight excluding hydrogens is 246 g/mol. The summed E-state index contributed by atoms with van der Waals surface area (Å²) in [6.07, 6.45) is 4.21. The van der Waals surface area contributed by atoms with E-state index in [1.54, 1.807) is 0 Å². The Labute approximate surface area is 126 Å². The summed E-state index contributed by atoms with van der Waals surface area (Å²) in [4.78, 5) is 7.97. The van der Waals surface area contributed by atoms with Gasteiger partial charge >= 0.3 is 0 Å². The minimum absolute atomic E-state index is 0.850. The molecule has 3 nitrogen and oxygen atoms in total. The van der Waals surface area contributed by atoms with E-state index < -0.39 is 0 Å². The van der Waals surface area contributed by atoms with Gasteiger partial charge in [-0.25, -0.2) is 0 Å². The van der Waals surface area contributed by atoms with Gasteiger partial charge in [0, 0.05) is 32.7 Å². The van der Waals surface area contributed by atoms with E-state index in [-0.39, 0.29) is 0 Å². The standard InChI is InChI=1S/C17H35N3/c1-4-18-11-13-20(14-12-18)15-17-6-9-19(10-7-17)8-5-16(2)3/h16-17H,4-15H2,1-3H3. The minimum atomic E-state index is 0.850. The van der Waals surface area contributed by atoms with E-state index >= 15 is 0 Å². The fourth-order valence-corrected chi connectivity index (χ4v) is 3.49. The van der Waals surface area contributed by atoms with E-state index in [1.165, 1.54) is 78.2 Å². The molecule has 0 saturated carbocycles. The van der Waals surface area contributed by atoms with Crippen molar-refractivity contribution in [3.05, 3.63) is 0 Å². The van der Waals surface area contributed by atoms with Crippen LogP contribution in [-0.4, -0.2) is 73.6 Å². The van der Waals surface area contributed by atoms with Crippen molar-refractivity contribution >= 4 is 0 Å². The maximum absolute atomic E-state index is 2.71. The third-order valence-corrected chi connectivity index (χ3v) is 5.16. The van der Waals surface area contributed by atoms with Gasteiger partial charge in [-0.2, -0.15) is 0 Å². The monoisotopic (exact) mass is 281 g/mol. The van der Waals surface area contributed by atoms with Crippen molar-refractivity contribution in [1.82, 2.24) is 14.7 Å². The third kappa shape index (κ3) is 5.34. The van der Waals surface area contributed by atoms with Gasteiger partial charge < -0.3 is 14.7 Å². The highest BCUT2D eigenvalue weighted by molar-refractivity contribution is 4.78. The van der Waals surface area contributed by atoms with Gasteiger partial charge in [0.1, 0.15) is 0 Å². The highest BCUT2D eigenvalue weighted by atomic mass is 15.3. The van der Waals surface area contributed by atoms with Crippen LogP contribution in [-0.2, 0) is 0 Å². The van der Waals surface area contributed by atoms with Gasteiger partial charge in [-0.3, -0.25) is 0 Å². The second-order valence-electron chi connectivity index (χ2n) is 7.20. The molecule has 0 unspecified atom stereocenters. The Balaban J connectivity index is 1.60. The Morgan fingerprint density at radius 2 is 1.45 bits per heavy atom. The van der Waals surface area contributed by atoms with Crippen LogP contribution >= 0.6 is 0 Å². The Hall–Kier alpha value is -0.120. The zero-order valence-electron chi connectivity index (χ0n) is 14.0.